The average molecular weight is 225 g/mol. The summed E-state index contributed by atoms with van der Waals surface area (Å²) in [6.45, 7) is 1.67. The van der Waals surface area contributed by atoms with Crippen LogP contribution in [-0.4, -0.2) is 8.42 Å². The lowest BCUT2D eigenvalue weighted by Crippen LogP contribution is -2.32. The fourth-order valence-electron chi connectivity index (χ4n) is 1.16. The first-order chi connectivity index (χ1) is 6.92. The zero-order valence-electron chi connectivity index (χ0n) is 8.14. The van der Waals surface area contributed by atoms with Gasteiger partial charge in [-0.2, -0.15) is 18.4 Å². The molecule has 0 spiro atoms. The topological polar surface area (TPSA) is 96.0 Å². The van der Waals surface area contributed by atoms with Crippen molar-refractivity contribution in [1.29, 1.82) is 5.26 Å². The molecule has 0 amide bonds. The predicted molar refractivity (Wildman–Crippen MR) is 55.8 cm³/mol. The van der Waals surface area contributed by atoms with E-state index in [2.05, 4.69) is 4.72 Å². The molecule has 1 atom stereocenters. The molecule has 0 aliphatic heterocycles. The summed E-state index contributed by atoms with van der Waals surface area (Å²) < 4.78 is 23.7. The second-order valence-corrected chi connectivity index (χ2v) is 4.44. The normalized spacial score (nSPS) is 13.1. The van der Waals surface area contributed by atoms with E-state index in [1.165, 1.54) is 0 Å². The van der Waals surface area contributed by atoms with Gasteiger partial charge >= 0.3 is 0 Å². The third-order valence-corrected chi connectivity index (χ3v) is 2.56. The fraction of sp³-hybridized carbons (Fsp3) is 0.222. The smallest absolute Gasteiger partial charge is 0.216 e. The summed E-state index contributed by atoms with van der Waals surface area (Å²) >= 11 is 0. The predicted octanol–water partition coefficient (Wildman–Crippen LogP) is 0.412. The van der Waals surface area contributed by atoms with Crippen molar-refractivity contribution in [2.24, 2.45) is 5.14 Å². The van der Waals surface area contributed by atoms with E-state index in [9.17, 15) is 8.42 Å². The Kier molecular flexibility index (Phi) is 3.42. The summed E-state index contributed by atoms with van der Waals surface area (Å²) in [4.78, 5) is 0. The second kappa shape index (κ2) is 4.40. The zero-order chi connectivity index (χ0) is 11.5. The van der Waals surface area contributed by atoms with E-state index in [4.69, 9.17) is 10.4 Å². The molecule has 80 valence electrons. The van der Waals surface area contributed by atoms with Crippen molar-refractivity contribution < 1.29 is 8.42 Å². The van der Waals surface area contributed by atoms with Crippen LogP contribution in [0.15, 0.2) is 24.3 Å². The van der Waals surface area contributed by atoms with Crippen LogP contribution >= 0.6 is 0 Å². The maximum absolute atomic E-state index is 10.8. The highest BCUT2D eigenvalue weighted by molar-refractivity contribution is 7.87. The Labute approximate surface area is 88.7 Å². The maximum Gasteiger partial charge on any atom is 0.274 e. The summed E-state index contributed by atoms with van der Waals surface area (Å²) in [5, 5.41) is 13.4. The van der Waals surface area contributed by atoms with Gasteiger partial charge in [-0.15, -0.1) is 0 Å². The molecular weight excluding hydrogens is 214 g/mol. The van der Waals surface area contributed by atoms with E-state index in [1.807, 2.05) is 6.07 Å². The Hall–Kier alpha value is -1.42. The lowest BCUT2D eigenvalue weighted by atomic mass is 10.1. The van der Waals surface area contributed by atoms with Crippen LogP contribution in [0.5, 0.6) is 0 Å². The molecular formula is C9H11N3O2S. The van der Waals surface area contributed by atoms with Crippen molar-refractivity contribution in [2.45, 2.75) is 13.0 Å². The fourth-order valence-corrected chi connectivity index (χ4v) is 1.79. The molecule has 1 unspecified atom stereocenters. The van der Waals surface area contributed by atoms with Crippen LogP contribution < -0.4 is 9.86 Å². The van der Waals surface area contributed by atoms with Crippen LogP contribution in [0.25, 0.3) is 0 Å². The van der Waals surface area contributed by atoms with Crippen molar-refractivity contribution in [3.63, 3.8) is 0 Å². The first kappa shape index (κ1) is 11.7. The van der Waals surface area contributed by atoms with Gasteiger partial charge in [-0.25, -0.2) is 5.14 Å². The third-order valence-electron chi connectivity index (χ3n) is 1.88. The number of nitrogens with zero attached hydrogens (tertiary/aromatic N) is 1. The van der Waals surface area contributed by atoms with E-state index in [0.29, 0.717) is 5.56 Å². The average Bonchev–Trinajstić information content (AvgIpc) is 2.15. The molecule has 0 bridgehead atoms. The van der Waals surface area contributed by atoms with Gasteiger partial charge in [-0.1, -0.05) is 12.1 Å². The molecule has 15 heavy (non-hydrogen) atoms. The minimum absolute atomic E-state index is 0.409. The van der Waals surface area contributed by atoms with E-state index in [1.54, 1.807) is 31.2 Å². The molecule has 1 aromatic rings. The Morgan fingerprint density at radius 2 is 1.93 bits per heavy atom. The summed E-state index contributed by atoms with van der Waals surface area (Å²) in [5.74, 6) is 0. The number of hydrogen-bond acceptors (Lipinski definition) is 3. The number of benzene rings is 1. The molecule has 0 aromatic heterocycles. The Morgan fingerprint density at radius 1 is 1.40 bits per heavy atom. The monoisotopic (exact) mass is 225 g/mol. The van der Waals surface area contributed by atoms with E-state index in [-0.39, 0.29) is 0 Å². The minimum atomic E-state index is -3.70. The van der Waals surface area contributed by atoms with Crippen LogP contribution in [0.3, 0.4) is 0 Å². The van der Waals surface area contributed by atoms with Gasteiger partial charge in [0.05, 0.1) is 11.6 Å². The minimum Gasteiger partial charge on any atom is -0.216 e. The van der Waals surface area contributed by atoms with E-state index < -0.39 is 16.3 Å². The molecule has 0 heterocycles. The highest BCUT2D eigenvalue weighted by Gasteiger charge is 2.10. The molecule has 0 aliphatic carbocycles. The third kappa shape index (κ3) is 3.67. The molecule has 1 aromatic carbocycles. The van der Waals surface area contributed by atoms with E-state index in [0.717, 1.165) is 5.56 Å². The van der Waals surface area contributed by atoms with Crippen molar-refractivity contribution in [1.82, 2.24) is 4.72 Å². The van der Waals surface area contributed by atoms with Gasteiger partial charge in [0.15, 0.2) is 0 Å². The van der Waals surface area contributed by atoms with Gasteiger partial charge in [-0.3, -0.25) is 0 Å². The summed E-state index contributed by atoms with van der Waals surface area (Å²) in [6, 6.07) is 8.18. The molecule has 0 radical (unpaired) electrons. The van der Waals surface area contributed by atoms with Gasteiger partial charge in [0.1, 0.15) is 0 Å². The number of hydrogen-bond donors (Lipinski definition) is 2. The first-order valence-corrected chi connectivity index (χ1v) is 5.77. The summed E-state index contributed by atoms with van der Waals surface area (Å²) in [5.41, 5.74) is 1.28. The molecule has 0 fully saturated rings. The molecule has 6 heteroatoms. The van der Waals surface area contributed by atoms with Gasteiger partial charge in [0, 0.05) is 6.04 Å². The molecule has 0 aliphatic rings. The van der Waals surface area contributed by atoms with Crippen LogP contribution in [0.1, 0.15) is 24.1 Å². The Morgan fingerprint density at radius 3 is 2.33 bits per heavy atom. The molecule has 0 saturated heterocycles. The highest BCUT2D eigenvalue weighted by atomic mass is 32.2. The van der Waals surface area contributed by atoms with Gasteiger partial charge < -0.3 is 0 Å². The number of nitrogens with one attached hydrogen (secondary N) is 1. The molecule has 1 rings (SSSR count). The van der Waals surface area contributed by atoms with Crippen LogP contribution in [0, 0.1) is 11.3 Å². The number of nitrogens with two attached hydrogens (primary N) is 1. The molecule has 3 N–H and O–H groups in total. The summed E-state index contributed by atoms with van der Waals surface area (Å²) in [6.07, 6.45) is 0. The van der Waals surface area contributed by atoms with Crippen LogP contribution in [0.4, 0.5) is 0 Å². The van der Waals surface area contributed by atoms with Crippen molar-refractivity contribution in [3.05, 3.63) is 35.4 Å². The summed E-state index contributed by atoms with van der Waals surface area (Å²) in [7, 11) is -3.70. The number of nitriles is 1. The Bertz CT molecular complexity index is 473. The first-order valence-electron chi connectivity index (χ1n) is 4.22. The number of rotatable bonds is 3. The molecule has 5 nitrogen and oxygen atoms in total. The van der Waals surface area contributed by atoms with Crippen LogP contribution in [-0.2, 0) is 10.2 Å². The van der Waals surface area contributed by atoms with Crippen molar-refractivity contribution in [2.75, 3.05) is 0 Å². The van der Waals surface area contributed by atoms with Crippen molar-refractivity contribution in [3.8, 4) is 6.07 Å². The van der Waals surface area contributed by atoms with E-state index >= 15 is 0 Å². The second-order valence-electron chi connectivity index (χ2n) is 3.12. The van der Waals surface area contributed by atoms with Gasteiger partial charge in [0.2, 0.25) is 0 Å². The van der Waals surface area contributed by atoms with Crippen molar-refractivity contribution >= 4 is 10.2 Å². The maximum atomic E-state index is 10.8. The van der Waals surface area contributed by atoms with Gasteiger partial charge in [0.25, 0.3) is 10.2 Å². The standard InChI is InChI=1S/C9H11N3O2S/c1-7(12-15(11,13)14)9-4-2-8(6-10)3-5-9/h2-5,7,12H,1H3,(H2,11,13,14). The lowest BCUT2D eigenvalue weighted by molar-refractivity contribution is 0.568. The highest BCUT2D eigenvalue weighted by Crippen LogP contribution is 2.13. The largest absolute Gasteiger partial charge is 0.274 e. The zero-order valence-corrected chi connectivity index (χ0v) is 8.95. The van der Waals surface area contributed by atoms with Crippen LogP contribution in [0.2, 0.25) is 0 Å². The lowest BCUT2D eigenvalue weighted by Gasteiger charge is -2.11. The molecule has 0 saturated carbocycles. The Balaban J connectivity index is 2.84. The van der Waals surface area contributed by atoms with Gasteiger partial charge in [-0.05, 0) is 24.6 Å². The SMILES string of the molecule is CC(NS(N)(=O)=O)c1ccc(C#N)cc1. The quantitative estimate of drug-likeness (QED) is 0.779.